The van der Waals surface area contributed by atoms with Crippen LogP contribution in [-0.2, 0) is 0 Å². The van der Waals surface area contributed by atoms with Crippen LogP contribution >= 0.6 is 12.4 Å². The van der Waals surface area contributed by atoms with Crippen molar-refractivity contribution >= 4 is 12.4 Å². The highest BCUT2D eigenvalue weighted by molar-refractivity contribution is 5.85. The summed E-state index contributed by atoms with van der Waals surface area (Å²) < 4.78 is 0. The maximum atomic E-state index is 8.87. The lowest BCUT2D eigenvalue weighted by Gasteiger charge is -2.12. The molecule has 0 amide bonds. The molecule has 0 unspecified atom stereocenters. The van der Waals surface area contributed by atoms with Gasteiger partial charge in [0, 0.05) is 6.04 Å². The molecule has 80 valence electrons. The predicted molar refractivity (Wildman–Crippen MR) is 64.8 cm³/mol. The lowest BCUT2D eigenvalue weighted by atomic mass is 9.97. The summed E-state index contributed by atoms with van der Waals surface area (Å²) in [5.74, 6) is 0. The maximum Gasteiger partial charge on any atom is 0.0995 e. The molecule has 0 heterocycles. The van der Waals surface area contributed by atoms with Crippen molar-refractivity contribution < 1.29 is 0 Å². The third kappa shape index (κ3) is 3.75. The lowest BCUT2D eigenvalue weighted by Crippen LogP contribution is -2.11. The minimum absolute atomic E-state index is 0. The van der Waals surface area contributed by atoms with Crippen molar-refractivity contribution in [1.29, 1.82) is 5.26 Å². The van der Waals surface area contributed by atoms with Crippen molar-refractivity contribution in [2.24, 2.45) is 5.73 Å². The zero-order chi connectivity index (χ0) is 10.6. The third-order valence-electron chi connectivity index (χ3n) is 2.05. The molecule has 0 spiro atoms. The standard InChI is InChI=1S/C12H14N2.ClH/c1-9(2)7-12(14)11-6-4-3-5-10(11)8-13;/h3-6,12H,1,7,14H2,2H3;1H/t12-;/m0./s1. The second-order valence-electron chi connectivity index (χ2n) is 3.47. The van der Waals surface area contributed by atoms with Gasteiger partial charge in [0.1, 0.15) is 0 Å². The van der Waals surface area contributed by atoms with Gasteiger partial charge in [-0.05, 0) is 25.0 Å². The number of nitrogens with two attached hydrogens (primary N) is 1. The molecule has 2 nitrogen and oxygen atoms in total. The van der Waals surface area contributed by atoms with Crippen LogP contribution in [0.3, 0.4) is 0 Å². The summed E-state index contributed by atoms with van der Waals surface area (Å²) in [5, 5.41) is 8.87. The molecule has 1 atom stereocenters. The van der Waals surface area contributed by atoms with E-state index in [1.54, 1.807) is 6.07 Å². The van der Waals surface area contributed by atoms with E-state index in [4.69, 9.17) is 11.0 Å². The molecule has 0 aliphatic heterocycles. The van der Waals surface area contributed by atoms with Gasteiger partial charge < -0.3 is 5.73 Å². The van der Waals surface area contributed by atoms with Crippen LogP contribution in [0.2, 0.25) is 0 Å². The molecule has 1 aromatic carbocycles. The monoisotopic (exact) mass is 222 g/mol. The van der Waals surface area contributed by atoms with E-state index < -0.39 is 0 Å². The van der Waals surface area contributed by atoms with Gasteiger partial charge in [0.05, 0.1) is 11.6 Å². The molecule has 0 saturated heterocycles. The Morgan fingerprint density at radius 2 is 2.13 bits per heavy atom. The SMILES string of the molecule is C=C(C)C[C@H](N)c1ccccc1C#N.Cl. The van der Waals surface area contributed by atoms with Gasteiger partial charge in [0.2, 0.25) is 0 Å². The van der Waals surface area contributed by atoms with Crippen molar-refractivity contribution in [1.82, 2.24) is 0 Å². The molecular formula is C12H15ClN2. The van der Waals surface area contributed by atoms with Crippen LogP contribution < -0.4 is 5.73 Å². The zero-order valence-electron chi connectivity index (χ0n) is 8.73. The Balaban J connectivity index is 0.00000196. The quantitative estimate of drug-likeness (QED) is 0.800. The van der Waals surface area contributed by atoms with E-state index in [9.17, 15) is 0 Å². The van der Waals surface area contributed by atoms with Crippen LogP contribution in [-0.4, -0.2) is 0 Å². The Bertz CT molecular complexity index is 379. The van der Waals surface area contributed by atoms with Crippen molar-refractivity contribution in [3.63, 3.8) is 0 Å². The highest BCUT2D eigenvalue weighted by atomic mass is 35.5. The molecule has 0 saturated carbocycles. The molecule has 0 aliphatic carbocycles. The summed E-state index contributed by atoms with van der Waals surface area (Å²) >= 11 is 0. The molecular weight excluding hydrogens is 208 g/mol. The molecule has 0 fully saturated rings. The molecule has 0 radical (unpaired) electrons. The molecule has 1 rings (SSSR count). The summed E-state index contributed by atoms with van der Waals surface area (Å²) in [4.78, 5) is 0. The Hall–Kier alpha value is -1.30. The van der Waals surface area contributed by atoms with Crippen molar-refractivity contribution in [2.45, 2.75) is 19.4 Å². The number of hydrogen-bond acceptors (Lipinski definition) is 2. The van der Waals surface area contributed by atoms with Gasteiger partial charge in [-0.1, -0.05) is 23.8 Å². The number of nitrogens with zero attached hydrogens (tertiary/aromatic N) is 1. The summed E-state index contributed by atoms with van der Waals surface area (Å²) in [6.07, 6.45) is 0.721. The topological polar surface area (TPSA) is 49.8 Å². The van der Waals surface area contributed by atoms with E-state index in [2.05, 4.69) is 12.6 Å². The number of benzene rings is 1. The van der Waals surface area contributed by atoms with E-state index in [0.717, 1.165) is 17.6 Å². The van der Waals surface area contributed by atoms with Gasteiger partial charge in [-0.2, -0.15) is 5.26 Å². The summed E-state index contributed by atoms with van der Waals surface area (Å²) in [6, 6.07) is 9.44. The van der Waals surface area contributed by atoms with Crippen LogP contribution in [0.25, 0.3) is 0 Å². The van der Waals surface area contributed by atoms with Gasteiger partial charge in [0.15, 0.2) is 0 Å². The van der Waals surface area contributed by atoms with E-state index in [1.807, 2.05) is 25.1 Å². The number of halogens is 1. The molecule has 2 N–H and O–H groups in total. The van der Waals surface area contributed by atoms with Gasteiger partial charge in [-0.25, -0.2) is 0 Å². The molecule has 0 bridgehead atoms. The first kappa shape index (κ1) is 13.7. The average Bonchev–Trinajstić information content (AvgIpc) is 2.16. The summed E-state index contributed by atoms with van der Waals surface area (Å²) in [7, 11) is 0. The van der Waals surface area contributed by atoms with Gasteiger partial charge in [0.25, 0.3) is 0 Å². The number of hydrogen-bond donors (Lipinski definition) is 1. The van der Waals surface area contributed by atoms with Crippen molar-refractivity contribution in [3.05, 3.63) is 47.5 Å². The van der Waals surface area contributed by atoms with Crippen molar-refractivity contribution in [3.8, 4) is 6.07 Å². The van der Waals surface area contributed by atoms with E-state index in [0.29, 0.717) is 5.56 Å². The number of nitriles is 1. The Kier molecular flexibility index (Phi) is 5.69. The largest absolute Gasteiger partial charge is 0.324 e. The number of rotatable bonds is 3. The van der Waals surface area contributed by atoms with Crippen LogP contribution in [0.5, 0.6) is 0 Å². The van der Waals surface area contributed by atoms with E-state index >= 15 is 0 Å². The normalized spacial score (nSPS) is 11.0. The van der Waals surface area contributed by atoms with Gasteiger partial charge in [-0.15, -0.1) is 19.0 Å². The fourth-order valence-electron chi connectivity index (χ4n) is 1.41. The average molecular weight is 223 g/mol. The second-order valence-corrected chi connectivity index (χ2v) is 3.47. The molecule has 1 aromatic rings. The first-order valence-corrected chi connectivity index (χ1v) is 4.54. The molecule has 0 aromatic heterocycles. The lowest BCUT2D eigenvalue weighted by molar-refractivity contribution is 0.715. The third-order valence-corrected chi connectivity index (χ3v) is 2.05. The zero-order valence-corrected chi connectivity index (χ0v) is 9.55. The maximum absolute atomic E-state index is 8.87. The van der Waals surface area contributed by atoms with E-state index in [-0.39, 0.29) is 18.4 Å². The molecule has 0 aliphatic rings. The second kappa shape index (κ2) is 6.23. The predicted octanol–water partition coefficient (Wildman–Crippen LogP) is 2.95. The van der Waals surface area contributed by atoms with Crippen molar-refractivity contribution in [2.75, 3.05) is 0 Å². The summed E-state index contributed by atoms with van der Waals surface area (Å²) in [5.41, 5.74) is 8.55. The fourth-order valence-corrected chi connectivity index (χ4v) is 1.41. The van der Waals surface area contributed by atoms with Crippen LogP contribution in [0.4, 0.5) is 0 Å². The Morgan fingerprint density at radius 1 is 1.53 bits per heavy atom. The van der Waals surface area contributed by atoms with E-state index in [1.165, 1.54) is 0 Å². The van der Waals surface area contributed by atoms with Crippen LogP contribution in [0, 0.1) is 11.3 Å². The summed E-state index contributed by atoms with van der Waals surface area (Å²) in [6.45, 7) is 5.75. The highest BCUT2D eigenvalue weighted by Crippen LogP contribution is 2.20. The van der Waals surface area contributed by atoms with Gasteiger partial charge >= 0.3 is 0 Å². The molecule has 15 heavy (non-hydrogen) atoms. The van der Waals surface area contributed by atoms with Crippen LogP contribution in [0.1, 0.15) is 30.5 Å². The smallest absolute Gasteiger partial charge is 0.0995 e. The molecule has 3 heteroatoms. The van der Waals surface area contributed by atoms with Gasteiger partial charge in [-0.3, -0.25) is 0 Å². The Labute approximate surface area is 96.8 Å². The fraction of sp³-hybridized carbons (Fsp3) is 0.250. The first-order chi connectivity index (χ1) is 6.65. The Morgan fingerprint density at radius 3 is 2.67 bits per heavy atom. The minimum atomic E-state index is -0.122. The highest BCUT2D eigenvalue weighted by Gasteiger charge is 2.09. The minimum Gasteiger partial charge on any atom is -0.324 e. The van der Waals surface area contributed by atoms with Crippen LogP contribution in [0.15, 0.2) is 36.4 Å². The first-order valence-electron chi connectivity index (χ1n) is 4.54.